The molecule has 1 saturated heterocycles. The summed E-state index contributed by atoms with van der Waals surface area (Å²) in [4.78, 5) is 2.75. The number of rotatable bonds is 7. The van der Waals surface area contributed by atoms with Crippen molar-refractivity contribution in [3.8, 4) is 0 Å². The minimum atomic E-state index is -0.643. The molecule has 7 nitrogen and oxygen atoms in total. The van der Waals surface area contributed by atoms with Crippen molar-refractivity contribution in [1.82, 2.24) is 0 Å². The molecule has 0 aliphatic carbocycles. The van der Waals surface area contributed by atoms with Crippen LogP contribution in [-0.2, 0) is 18.9 Å². The second-order valence-electron chi connectivity index (χ2n) is 5.00. The molecular formula is C12H23N3O4. The van der Waals surface area contributed by atoms with Gasteiger partial charge in [0, 0.05) is 38.5 Å². The molecule has 1 rings (SSSR count). The Bertz CT molecular complexity index is 314. The van der Waals surface area contributed by atoms with Crippen LogP contribution in [0.3, 0.4) is 0 Å². The van der Waals surface area contributed by atoms with E-state index < -0.39 is 5.79 Å². The van der Waals surface area contributed by atoms with E-state index in [1.807, 2.05) is 13.8 Å². The molecule has 0 spiro atoms. The molecular weight excluding hydrogens is 250 g/mol. The molecule has 110 valence electrons. The maximum absolute atomic E-state index is 8.29. The largest absolute Gasteiger partial charge is 0.356 e. The van der Waals surface area contributed by atoms with E-state index in [2.05, 4.69) is 10.0 Å². The first-order valence-corrected chi connectivity index (χ1v) is 6.43. The van der Waals surface area contributed by atoms with Gasteiger partial charge in [-0.05, 0) is 25.8 Å². The molecule has 2 atom stereocenters. The zero-order valence-electron chi connectivity index (χ0n) is 12.0. The zero-order valence-corrected chi connectivity index (χ0v) is 12.0. The number of hydrogen-bond acceptors (Lipinski definition) is 5. The first kappa shape index (κ1) is 16.2. The van der Waals surface area contributed by atoms with E-state index in [4.69, 9.17) is 24.5 Å². The normalized spacial score (nSPS) is 26.2. The Morgan fingerprint density at radius 1 is 1.32 bits per heavy atom. The summed E-state index contributed by atoms with van der Waals surface area (Å²) >= 11 is 0. The summed E-state index contributed by atoms with van der Waals surface area (Å²) in [7, 11) is 3.22. The lowest BCUT2D eigenvalue weighted by Crippen LogP contribution is -2.46. The molecule has 0 radical (unpaired) electrons. The van der Waals surface area contributed by atoms with Crippen LogP contribution in [0, 0.1) is 0 Å². The van der Waals surface area contributed by atoms with Crippen molar-refractivity contribution in [3.05, 3.63) is 10.4 Å². The lowest BCUT2D eigenvalue weighted by Gasteiger charge is -2.41. The minimum absolute atomic E-state index is 0.00437. The summed E-state index contributed by atoms with van der Waals surface area (Å²) in [6, 6.07) is 0. The van der Waals surface area contributed by atoms with E-state index in [1.54, 1.807) is 14.2 Å². The van der Waals surface area contributed by atoms with Crippen molar-refractivity contribution >= 4 is 0 Å². The van der Waals surface area contributed by atoms with Crippen molar-refractivity contribution < 1.29 is 18.9 Å². The van der Waals surface area contributed by atoms with Crippen molar-refractivity contribution in [3.63, 3.8) is 0 Å². The number of nitrogens with zero attached hydrogens (tertiary/aromatic N) is 3. The van der Waals surface area contributed by atoms with E-state index in [-0.39, 0.29) is 18.5 Å². The summed E-state index contributed by atoms with van der Waals surface area (Å²) in [5.74, 6) is -0.643. The SMILES string of the molecule is COC(CC1CC(CCN=[N+]=[N-])OC(C)(C)O1)OC. The van der Waals surface area contributed by atoms with Gasteiger partial charge < -0.3 is 18.9 Å². The van der Waals surface area contributed by atoms with Crippen molar-refractivity contribution in [1.29, 1.82) is 0 Å². The first-order valence-electron chi connectivity index (χ1n) is 6.43. The molecule has 0 aromatic rings. The van der Waals surface area contributed by atoms with Gasteiger partial charge in [0.2, 0.25) is 0 Å². The van der Waals surface area contributed by atoms with Gasteiger partial charge in [0.25, 0.3) is 0 Å². The minimum Gasteiger partial charge on any atom is -0.356 e. The van der Waals surface area contributed by atoms with Crippen LogP contribution in [0.15, 0.2) is 5.11 Å². The molecule has 0 aromatic heterocycles. The fraction of sp³-hybridized carbons (Fsp3) is 1.00. The first-order chi connectivity index (χ1) is 9.00. The summed E-state index contributed by atoms with van der Waals surface area (Å²) in [6.07, 6.45) is 1.83. The average Bonchev–Trinajstić information content (AvgIpc) is 2.34. The van der Waals surface area contributed by atoms with Crippen molar-refractivity contribution in [2.24, 2.45) is 5.11 Å². The van der Waals surface area contributed by atoms with Crippen LogP contribution in [-0.4, -0.2) is 45.0 Å². The number of ether oxygens (including phenoxy) is 4. The van der Waals surface area contributed by atoms with Crippen LogP contribution in [0.2, 0.25) is 0 Å². The lowest BCUT2D eigenvalue weighted by atomic mass is 10.0. The fourth-order valence-electron chi connectivity index (χ4n) is 2.29. The molecule has 1 aliphatic rings. The van der Waals surface area contributed by atoms with E-state index in [0.717, 1.165) is 6.42 Å². The van der Waals surface area contributed by atoms with E-state index in [9.17, 15) is 0 Å². The lowest BCUT2D eigenvalue weighted by molar-refractivity contribution is -0.308. The molecule has 0 saturated carbocycles. The molecule has 7 heteroatoms. The maximum Gasteiger partial charge on any atom is 0.163 e. The zero-order chi connectivity index (χ0) is 14.3. The summed E-state index contributed by atoms with van der Waals surface area (Å²) in [5.41, 5.74) is 8.29. The quantitative estimate of drug-likeness (QED) is 0.309. The van der Waals surface area contributed by atoms with Gasteiger partial charge in [-0.15, -0.1) is 0 Å². The highest BCUT2D eigenvalue weighted by molar-refractivity contribution is 4.78. The van der Waals surface area contributed by atoms with Gasteiger partial charge >= 0.3 is 0 Å². The fourth-order valence-corrected chi connectivity index (χ4v) is 2.29. The number of azide groups is 1. The second-order valence-corrected chi connectivity index (χ2v) is 5.00. The third-order valence-electron chi connectivity index (χ3n) is 3.02. The second kappa shape index (κ2) is 7.67. The summed E-state index contributed by atoms with van der Waals surface area (Å²) in [6.45, 7) is 4.20. The van der Waals surface area contributed by atoms with Crippen LogP contribution in [0.1, 0.15) is 33.1 Å². The van der Waals surface area contributed by atoms with Gasteiger partial charge in [-0.2, -0.15) is 0 Å². The van der Waals surface area contributed by atoms with Crippen LogP contribution >= 0.6 is 0 Å². The third-order valence-corrected chi connectivity index (χ3v) is 3.02. The smallest absolute Gasteiger partial charge is 0.163 e. The van der Waals surface area contributed by atoms with Crippen LogP contribution in [0.25, 0.3) is 10.4 Å². The Kier molecular flexibility index (Phi) is 6.54. The summed E-state index contributed by atoms with van der Waals surface area (Å²) < 4.78 is 22.1. The third kappa shape index (κ3) is 5.76. The predicted octanol–water partition coefficient (Wildman–Crippen LogP) is 2.61. The Hall–Kier alpha value is -0.850. The van der Waals surface area contributed by atoms with Crippen molar-refractivity contribution in [2.45, 2.75) is 57.4 Å². The van der Waals surface area contributed by atoms with Crippen molar-refractivity contribution in [2.75, 3.05) is 20.8 Å². The molecule has 2 unspecified atom stereocenters. The van der Waals surface area contributed by atoms with Gasteiger partial charge in [-0.1, -0.05) is 5.11 Å². The molecule has 1 heterocycles. The highest BCUT2D eigenvalue weighted by atomic mass is 16.7. The van der Waals surface area contributed by atoms with Gasteiger partial charge in [0.1, 0.15) is 0 Å². The molecule has 0 N–H and O–H groups in total. The molecule has 19 heavy (non-hydrogen) atoms. The van der Waals surface area contributed by atoms with Gasteiger partial charge in [0.05, 0.1) is 12.2 Å². The van der Waals surface area contributed by atoms with E-state index in [1.165, 1.54) is 0 Å². The Labute approximate surface area is 113 Å². The van der Waals surface area contributed by atoms with Crippen LogP contribution in [0.5, 0.6) is 0 Å². The standard InChI is InChI=1S/C12H23N3O4/c1-12(2)18-9(5-6-14-15-13)7-10(19-12)8-11(16-3)17-4/h9-11H,5-8H2,1-4H3. The van der Waals surface area contributed by atoms with Gasteiger partial charge in [0.15, 0.2) is 12.1 Å². The average molecular weight is 273 g/mol. The van der Waals surface area contributed by atoms with E-state index >= 15 is 0 Å². The molecule has 0 bridgehead atoms. The number of methoxy groups -OCH3 is 2. The number of hydrogen-bond donors (Lipinski definition) is 0. The predicted molar refractivity (Wildman–Crippen MR) is 69.5 cm³/mol. The molecule has 1 aliphatic heterocycles. The monoisotopic (exact) mass is 273 g/mol. The maximum atomic E-state index is 8.29. The van der Waals surface area contributed by atoms with Gasteiger partial charge in [-0.25, -0.2) is 0 Å². The van der Waals surface area contributed by atoms with Crippen LogP contribution in [0.4, 0.5) is 0 Å². The Morgan fingerprint density at radius 2 is 1.95 bits per heavy atom. The highest BCUT2D eigenvalue weighted by Gasteiger charge is 2.36. The van der Waals surface area contributed by atoms with E-state index in [0.29, 0.717) is 19.4 Å². The topological polar surface area (TPSA) is 85.7 Å². The Balaban J connectivity index is 2.54. The Morgan fingerprint density at radius 3 is 2.53 bits per heavy atom. The molecule has 0 amide bonds. The van der Waals surface area contributed by atoms with Gasteiger partial charge in [-0.3, -0.25) is 0 Å². The molecule has 0 aromatic carbocycles. The molecule has 1 fully saturated rings. The summed E-state index contributed by atoms with van der Waals surface area (Å²) in [5, 5.41) is 3.54. The highest BCUT2D eigenvalue weighted by Crippen LogP contribution is 2.30. The van der Waals surface area contributed by atoms with Crippen LogP contribution < -0.4 is 0 Å².